The predicted octanol–water partition coefficient (Wildman–Crippen LogP) is 3.96. The highest BCUT2D eigenvalue weighted by Crippen LogP contribution is 2.28. The van der Waals surface area contributed by atoms with Crippen molar-refractivity contribution < 1.29 is 4.39 Å². The molecule has 0 aliphatic carbocycles. The predicted molar refractivity (Wildman–Crippen MR) is 54.5 cm³/mol. The summed E-state index contributed by atoms with van der Waals surface area (Å²) in [4.78, 5) is 0. The van der Waals surface area contributed by atoms with Gasteiger partial charge in [-0.15, -0.1) is 0 Å². The Balaban J connectivity index is 3.31. The van der Waals surface area contributed by atoms with E-state index in [4.69, 9.17) is 0 Å². The van der Waals surface area contributed by atoms with Crippen LogP contribution < -0.4 is 0 Å². The van der Waals surface area contributed by atoms with Crippen molar-refractivity contribution in [3.05, 3.63) is 30.5 Å². The fourth-order valence-corrected chi connectivity index (χ4v) is 2.14. The molecule has 0 saturated carbocycles. The molecule has 0 fully saturated rings. The molecule has 0 radical (unpaired) electrons. The summed E-state index contributed by atoms with van der Waals surface area (Å²) in [5.41, 5.74) is 0. The molecule has 4 heteroatoms. The molecule has 0 unspecified atom stereocenters. The molecule has 0 bridgehead atoms. The Hall–Kier alpha value is 0.840. The Labute approximate surface area is 88.6 Å². The molecular weight excluding hydrogens is 378 g/mol. The third-order valence-corrected chi connectivity index (χ3v) is 4.55. The molecule has 0 aliphatic heterocycles. The van der Waals surface area contributed by atoms with Gasteiger partial charge in [-0.3, -0.25) is 0 Å². The van der Waals surface area contributed by atoms with Gasteiger partial charge in [0.15, 0.2) is 0 Å². The molecular formula is C6H2Br2FI. The second kappa shape index (κ2) is 3.49. The Kier molecular flexibility index (Phi) is 3.12. The Morgan fingerprint density at radius 2 is 1.90 bits per heavy atom. The van der Waals surface area contributed by atoms with Crippen LogP contribution in [0.4, 0.5) is 4.39 Å². The Morgan fingerprint density at radius 3 is 2.40 bits per heavy atom. The highest BCUT2D eigenvalue weighted by Gasteiger charge is 2.02. The van der Waals surface area contributed by atoms with Crippen LogP contribution in [0.2, 0.25) is 0 Å². The molecule has 1 aromatic rings. The van der Waals surface area contributed by atoms with Crippen LogP contribution in [0.15, 0.2) is 21.1 Å². The van der Waals surface area contributed by atoms with Gasteiger partial charge in [0.05, 0.1) is 0 Å². The average molecular weight is 380 g/mol. The molecule has 0 aromatic heterocycles. The molecule has 0 heterocycles. The zero-order valence-electron chi connectivity index (χ0n) is 4.67. The minimum absolute atomic E-state index is 0.223. The fraction of sp³-hybridized carbons (Fsp3) is 0. The first kappa shape index (κ1) is 8.93. The van der Waals surface area contributed by atoms with Crippen molar-refractivity contribution in [2.75, 3.05) is 0 Å². The van der Waals surface area contributed by atoms with Crippen LogP contribution in [-0.4, -0.2) is 0 Å². The molecule has 54 valence electrons. The average Bonchev–Trinajstić information content (AvgIpc) is 1.82. The molecule has 1 aromatic carbocycles. The van der Waals surface area contributed by atoms with E-state index in [1.165, 1.54) is 12.1 Å². The molecule has 0 nitrogen and oxygen atoms in total. The van der Waals surface area contributed by atoms with Gasteiger partial charge in [0.2, 0.25) is 0 Å². The van der Waals surface area contributed by atoms with Crippen molar-refractivity contribution in [1.29, 1.82) is 0 Å². The standard InChI is InChI=1S/C6H2Br2FI/c7-4-1-3(9)2-5(10)6(4)8/h1-2H. The summed E-state index contributed by atoms with van der Waals surface area (Å²) in [6, 6.07) is 2.89. The van der Waals surface area contributed by atoms with Crippen LogP contribution in [0.25, 0.3) is 0 Å². The third-order valence-electron chi connectivity index (χ3n) is 0.949. The molecule has 0 N–H and O–H groups in total. The summed E-state index contributed by atoms with van der Waals surface area (Å²) in [6.45, 7) is 0. The van der Waals surface area contributed by atoms with Crippen molar-refractivity contribution in [2.24, 2.45) is 0 Å². The molecule has 0 atom stereocenters. The van der Waals surface area contributed by atoms with E-state index in [9.17, 15) is 4.39 Å². The minimum atomic E-state index is -0.223. The van der Waals surface area contributed by atoms with E-state index in [1.54, 1.807) is 0 Å². The quantitative estimate of drug-likeness (QED) is 0.364. The van der Waals surface area contributed by atoms with Crippen LogP contribution in [0, 0.1) is 9.39 Å². The first-order valence-electron chi connectivity index (χ1n) is 2.41. The van der Waals surface area contributed by atoms with Gasteiger partial charge in [0, 0.05) is 12.5 Å². The second-order valence-corrected chi connectivity index (χ2v) is 4.49. The lowest BCUT2D eigenvalue weighted by Gasteiger charge is -1.98. The number of hydrogen-bond acceptors (Lipinski definition) is 0. The van der Waals surface area contributed by atoms with Crippen molar-refractivity contribution in [3.63, 3.8) is 0 Å². The number of hydrogen-bond donors (Lipinski definition) is 0. The Morgan fingerprint density at radius 1 is 1.30 bits per heavy atom. The maximum Gasteiger partial charge on any atom is 0.125 e. The topological polar surface area (TPSA) is 0 Å². The normalized spacial score (nSPS) is 10.0. The lowest BCUT2D eigenvalue weighted by atomic mass is 10.4. The lowest BCUT2D eigenvalue weighted by molar-refractivity contribution is 0.625. The molecule has 0 spiro atoms. The molecule has 0 saturated heterocycles. The van der Waals surface area contributed by atoms with Crippen LogP contribution in [0.1, 0.15) is 0 Å². The van der Waals surface area contributed by atoms with Crippen LogP contribution in [0.5, 0.6) is 0 Å². The van der Waals surface area contributed by atoms with E-state index in [0.29, 0.717) is 0 Å². The summed E-state index contributed by atoms with van der Waals surface area (Å²) >= 11 is 8.56. The molecule has 0 aliphatic rings. The van der Waals surface area contributed by atoms with E-state index in [2.05, 4.69) is 54.5 Å². The summed E-state index contributed by atoms with van der Waals surface area (Å²) in [6.07, 6.45) is 0. The number of halogens is 4. The van der Waals surface area contributed by atoms with Crippen molar-refractivity contribution in [2.45, 2.75) is 0 Å². The van der Waals surface area contributed by atoms with Gasteiger partial charge in [0.1, 0.15) is 5.82 Å². The van der Waals surface area contributed by atoms with Crippen molar-refractivity contribution in [3.8, 4) is 0 Å². The van der Waals surface area contributed by atoms with Crippen LogP contribution in [-0.2, 0) is 0 Å². The second-order valence-electron chi connectivity index (χ2n) is 1.68. The summed E-state index contributed by atoms with van der Waals surface area (Å²) in [5.74, 6) is -0.223. The zero-order valence-corrected chi connectivity index (χ0v) is 10.00. The first-order chi connectivity index (χ1) is 4.61. The highest BCUT2D eigenvalue weighted by molar-refractivity contribution is 14.1. The van der Waals surface area contributed by atoms with Gasteiger partial charge in [-0.2, -0.15) is 0 Å². The molecule has 1 rings (SSSR count). The highest BCUT2D eigenvalue weighted by atomic mass is 127. The van der Waals surface area contributed by atoms with Crippen LogP contribution >= 0.6 is 54.5 Å². The minimum Gasteiger partial charge on any atom is -0.207 e. The van der Waals surface area contributed by atoms with E-state index in [0.717, 1.165) is 12.5 Å². The number of rotatable bonds is 0. The van der Waals surface area contributed by atoms with E-state index < -0.39 is 0 Å². The van der Waals surface area contributed by atoms with Gasteiger partial charge in [-0.05, 0) is 66.6 Å². The largest absolute Gasteiger partial charge is 0.207 e. The fourth-order valence-electron chi connectivity index (χ4n) is 0.525. The maximum absolute atomic E-state index is 12.6. The molecule has 0 amide bonds. The van der Waals surface area contributed by atoms with Gasteiger partial charge in [-0.25, -0.2) is 4.39 Å². The van der Waals surface area contributed by atoms with E-state index in [-0.39, 0.29) is 5.82 Å². The number of benzene rings is 1. The zero-order chi connectivity index (χ0) is 7.72. The van der Waals surface area contributed by atoms with Gasteiger partial charge < -0.3 is 0 Å². The molecule has 10 heavy (non-hydrogen) atoms. The SMILES string of the molecule is Fc1cc(Br)c(Br)c(I)c1. The van der Waals surface area contributed by atoms with Crippen molar-refractivity contribution in [1.82, 2.24) is 0 Å². The monoisotopic (exact) mass is 378 g/mol. The summed E-state index contributed by atoms with van der Waals surface area (Å²) < 4.78 is 15.1. The van der Waals surface area contributed by atoms with E-state index in [1.807, 2.05) is 0 Å². The van der Waals surface area contributed by atoms with Gasteiger partial charge >= 0.3 is 0 Å². The van der Waals surface area contributed by atoms with Crippen molar-refractivity contribution >= 4 is 54.5 Å². The van der Waals surface area contributed by atoms with Crippen LogP contribution in [0.3, 0.4) is 0 Å². The third kappa shape index (κ3) is 1.92. The maximum atomic E-state index is 12.6. The summed E-state index contributed by atoms with van der Waals surface area (Å²) in [7, 11) is 0. The van der Waals surface area contributed by atoms with Gasteiger partial charge in [0.25, 0.3) is 0 Å². The lowest BCUT2D eigenvalue weighted by Crippen LogP contribution is -1.80. The Bertz CT molecular complexity index is 239. The first-order valence-corrected chi connectivity index (χ1v) is 5.08. The summed E-state index contributed by atoms with van der Waals surface area (Å²) in [5, 5.41) is 0. The van der Waals surface area contributed by atoms with Gasteiger partial charge in [-0.1, -0.05) is 0 Å². The smallest absolute Gasteiger partial charge is 0.125 e. The van der Waals surface area contributed by atoms with E-state index >= 15 is 0 Å².